The molecule has 22 heavy (non-hydrogen) atoms. The summed E-state index contributed by atoms with van der Waals surface area (Å²) < 4.78 is 11.0. The Balaban J connectivity index is 1.87. The first-order valence-electron chi connectivity index (χ1n) is 7.93. The zero-order valence-electron chi connectivity index (χ0n) is 13.2. The largest absolute Gasteiger partial charge is 0.487 e. The summed E-state index contributed by atoms with van der Waals surface area (Å²) in [4.78, 5) is 14.1. The van der Waals surface area contributed by atoms with Crippen molar-refractivity contribution in [2.24, 2.45) is 0 Å². The van der Waals surface area contributed by atoms with Gasteiger partial charge in [0, 0.05) is 13.1 Å². The van der Waals surface area contributed by atoms with Crippen molar-refractivity contribution in [3.8, 4) is 11.5 Å². The van der Waals surface area contributed by atoms with Gasteiger partial charge in [-0.05, 0) is 25.0 Å². The second-order valence-electron chi connectivity index (χ2n) is 5.60. The van der Waals surface area contributed by atoms with Gasteiger partial charge in [-0.1, -0.05) is 31.4 Å². The van der Waals surface area contributed by atoms with Crippen LogP contribution >= 0.6 is 0 Å². The third-order valence-electron chi connectivity index (χ3n) is 4.06. The number of hydrogen-bond donors (Lipinski definition) is 1. The number of para-hydroxylation sites is 2. The van der Waals surface area contributed by atoms with E-state index in [1.165, 1.54) is 19.3 Å². The first-order valence-corrected chi connectivity index (χ1v) is 7.93. The highest BCUT2D eigenvalue weighted by Crippen LogP contribution is 2.27. The number of likely N-dealkylation sites (N-methyl/N-ethyl adjacent to an activating group) is 1. The summed E-state index contributed by atoms with van der Waals surface area (Å²) in [6.07, 6.45) is 5.82. The van der Waals surface area contributed by atoms with Gasteiger partial charge in [-0.2, -0.15) is 0 Å². The Morgan fingerprint density at radius 2 is 1.82 bits per heavy atom. The van der Waals surface area contributed by atoms with E-state index < -0.39 is 0 Å². The number of carbonyl (C=O) groups is 1. The first kappa shape index (κ1) is 16.6. The van der Waals surface area contributed by atoms with Gasteiger partial charge in [-0.15, -0.1) is 0 Å². The van der Waals surface area contributed by atoms with Gasteiger partial charge < -0.3 is 19.5 Å². The van der Waals surface area contributed by atoms with Gasteiger partial charge in [0.15, 0.2) is 18.1 Å². The van der Waals surface area contributed by atoms with Gasteiger partial charge >= 0.3 is 0 Å². The summed E-state index contributed by atoms with van der Waals surface area (Å²) >= 11 is 0. The molecule has 0 aromatic heterocycles. The highest BCUT2D eigenvalue weighted by molar-refractivity contribution is 5.77. The number of nitrogens with zero attached hydrogens (tertiary/aromatic N) is 1. The summed E-state index contributed by atoms with van der Waals surface area (Å²) in [6.45, 7) is 0.153. The molecule has 1 aliphatic rings. The summed E-state index contributed by atoms with van der Waals surface area (Å²) in [5.41, 5.74) is 0. The minimum Gasteiger partial charge on any atom is -0.487 e. The number of ether oxygens (including phenoxy) is 2. The summed E-state index contributed by atoms with van der Waals surface area (Å²) in [6, 6.07) is 7.53. The lowest BCUT2D eigenvalue weighted by Crippen LogP contribution is -2.40. The van der Waals surface area contributed by atoms with Crippen LogP contribution in [0.2, 0.25) is 0 Å². The van der Waals surface area contributed by atoms with Crippen LogP contribution in [0.3, 0.4) is 0 Å². The molecule has 122 valence electrons. The lowest BCUT2D eigenvalue weighted by atomic mass is 9.94. The van der Waals surface area contributed by atoms with Crippen LogP contribution in [0.25, 0.3) is 0 Å². The van der Waals surface area contributed by atoms with Crippen LogP contribution in [0.1, 0.15) is 32.1 Å². The molecule has 5 heteroatoms. The average Bonchev–Trinajstić information content (AvgIpc) is 2.58. The van der Waals surface area contributed by atoms with Crippen LogP contribution < -0.4 is 9.47 Å². The Morgan fingerprint density at radius 1 is 1.18 bits per heavy atom. The molecule has 5 nitrogen and oxygen atoms in total. The van der Waals surface area contributed by atoms with Crippen molar-refractivity contribution < 1.29 is 19.4 Å². The second kappa shape index (κ2) is 8.63. The number of amides is 1. The standard InChI is InChI=1S/C17H25NO4/c1-18(14-7-3-2-4-8-14)17(20)13-22-16-10-6-5-9-15(16)21-12-11-19/h5-6,9-10,14,19H,2-4,7-8,11-13H2,1H3. The second-order valence-corrected chi connectivity index (χ2v) is 5.60. The van der Waals surface area contributed by atoms with Crippen molar-refractivity contribution in [1.82, 2.24) is 4.90 Å². The number of rotatable bonds is 7. The molecule has 0 unspecified atom stereocenters. The van der Waals surface area contributed by atoms with E-state index in [0.717, 1.165) is 12.8 Å². The van der Waals surface area contributed by atoms with Gasteiger partial charge in [-0.3, -0.25) is 4.79 Å². The molecular formula is C17H25NO4. The van der Waals surface area contributed by atoms with Crippen LogP contribution in [0.5, 0.6) is 11.5 Å². The summed E-state index contributed by atoms with van der Waals surface area (Å²) in [7, 11) is 1.86. The zero-order valence-corrected chi connectivity index (χ0v) is 13.2. The Labute approximate surface area is 131 Å². The molecule has 0 bridgehead atoms. The third-order valence-corrected chi connectivity index (χ3v) is 4.06. The van der Waals surface area contributed by atoms with Crippen LogP contribution in [-0.4, -0.2) is 48.8 Å². The molecule has 2 rings (SSSR count). The van der Waals surface area contributed by atoms with Gasteiger partial charge in [-0.25, -0.2) is 0 Å². The Hall–Kier alpha value is -1.75. The van der Waals surface area contributed by atoms with Crippen molar-refractivity contribution in [3.05, 3.63) is 24.3 Å². The van der Waals surface area contributed by atoms with E-state index in [4.69, 9.17) is 14.6 Å². The van der Waals surface area contributed by atoms with Crippen molar-refractivity contribution in [2.45, 2.75) is 38.1 Å². The molecule has 0 radical (unpaired) electrons. The molecule has 0 spiro atoms. The predicted octanol–water partition coefficient (Wildman–Crippen LogP) is 2.23. The fraction of sp³-hybridized carbons (Fsp3) is 0.588. The molecule has 1 aromatic carbocycles. The molecular weight excluding hydrogens is 282 g/mol. The van der Waals surface area contributed by atoms with E-state index in [-0.39, 0.29) is 25.7 Å². The smallest absolute Gasteiger partial charge is 0.260 e. The maximum atomic E-state index is 12.3. The van der Waals surface area contributed by atoms with Crippen molar-refractivity contribution in [2.75, 3.05) is 26.9 Å². The van der Waals surface area contributed by atoms with Gasteiger partial charge in [0.25, 0.3) is 5.91 Å². The van der Waals surface area contributed by atoms with Crippen LogP contribution in [0.4, 0.5) is 0 Å². The number of aliphatic hydroxyl groups is 1. The Bertz CT molecular complexity index is 471. The Kier molecular flexibility index (Phi) is 6.52. The van der Waals surface area contributed by atoms with Crippen LogP contribution in [0, 0.1) is 0 Å². The van der Waals surface area contributed by atoms with E-state index in [0.29, 0.717) is 17.5 Å². The van der Waals surface area contributed by atoms with Gasteiger partial charge in [0.05, 0.1) is 6.61 Å². The molecule has 1 fully saturated rings. The molecule has 1 saturated carbocycles. The lowest BCUT2D eigenvalue weighted by Gasteiger charge is -2.31. The Morgan fingerprint density at radius 3 is 2.45 bits per heavy atom. The highest BCUT2D eigenvalue weighted by atomic mass is 16.5. The van der Waals surface area contributed by atoms with Crippen molar-refractivity contribution in [3.63, 3.8) is 0 Å². The fourth-order valence-corrected chi connectivity index (χ4v) is 2.76. The SMILES string of the molecule is CN(C(=O)COc1ccccc1OCCO)C1CCCCC1. The maximum Gasteiger partial charge on any atom is 0.260 e. The molecule has 1 amide bonds. The normalized spacial score (nSPS) is 15.4. The molecule has 1 aromatic rings. The molecule has 0 heterocycles. The van der Waals surface area contributed by atoms with Crippen molar-refractivity contribution >= 4 is 5.91 Å². The number of carbonyl (C=O) groups excluding carboxylic acids is 1. The van der Waals surface area contributed by atoms with Gasteiger partial charge in [0.2, 0.25) is 0 Å². The van der Waals surface area contributed by atoms with Gasteiger partial charge in [0.1, 0.15) is 6.61 Å². The topological polar surface area (TPSA) is 59.0 Å². The third kappa shape index (κ3) is 4.63. The quantitative estimate of drug-likeness (QED) is 0.839. The molecule has 0 aliphatic heterocycles. The minimum atomic E-state index is -0.0579. The van der Waals surface area contributed by atoms with E-state index in [2.05, 4.69) is 0 Å². The highest BCUT2D eigenvalue weighted by Gasteiger charge is 2.22. The van der Waals surface area contributed by atoms with E-state index in [1.807, 2.05) is 24.1 Å². The van der Waals surface area contributed by atoms with E-state index in [1.54, 1.807) is 12.1 Å². The average molecular weight is 307 g/mol. The fourth-order valence-electron chi connectivity index (χ4n) is 2.76. The zero-order chi connectivity index (χ0) is 15.8. The number of benzene rings is 1. The molecule has 1 aliphatic carbocycles. The monoisotopic (exact) mass is 307 g/mol. The summed E-state index contributed by atoms with van der Waals surface area (Å²) in [5.74, 6) is 1.06. The van der Waals surface area contributed by atoms with Crippen molar-refractivity contribution in [1.29, 1.82) is 0 Å². The summed E-state index contributed by atoms with van der Waals surface area (Å²) in [5, 5.41) is 8.83. The molecule has 0 atom stereocenters. The van der Waals surface area contributed by atoms with Crippen LogP contribution in [-0.2, 0) is 4.79 Å². The maximum absolute atomic E-state index is 12.3. The lowest BCUT2D eigenvalue weighted by molar-refractivity contribution is -0.134. The minimum absolute atomic E-state index is 0.00645. The van der Waals surface area contributed by atoms with Crippen LogP contribution in [0.15, 0.2) is 24.3 Å². The molecule has 0 saturated heterocycles. The number of hydrogen-bond acceptors (Lipinski definition) is 4. The number of aliphatic hydroxyl groups excluding tert-OH is 1. The molecule has 1 N–H and O–H groups in total. The first-order chi connectivity index (χ1) is 10.7. The predicted molar refractivity (Wildman–Crippen MR) is 84.2 cm³/mol. The van der Waals surface area contributed by atoms with E-state index in [9.17, 15) is 4.79 Å². The van der Waals surface area contributed by atoms with E-state index >= 15 is 0 Å².